The first-order chi connectivity index (χ1) is 25.8. The largest absolute Gasteiger partial charge is 0.537 e. The van der Waals surface area contributed by atoms with E-state index in [0.717, 1.165) is 52.9 Å². The number of anilines is 2. The van der Waals surface area contributed by atoms with E-state index in [1.807, 2.05) is 45.0 Å². The molecule has 286 valence electrons. The molecule has 0 bridgehead atoms. The number of allylic oxidation sites excluding steroid dienone is 1. The molecule has 0 fully saturated rings. The topological polar surface area (TPSA) is 108 Å². The van der Waals surface area contributed by atoms with Crippen molar-refractivity contribution in [2.75, 3.05) is 43.1 Å². The maximum absolute atomic E-state index is 13.6. The first-order valence-electron chi connectivity index (χ1n) is 19.0. The molecule has 10 nitrogen and oxygen atoms in total. The van der Waals surface area contributed by atoms with Crippen molar-refractivity contribution in [1.29, 1.82) is 0 Å². The third-order valence-corrected chi connectivity index (χ3v) is 14.9. The Morgan fingerprint density at radius 2 is 1.63 bits per heavy atom. The van der Waals surface area contributed by atoms with Crippen molar-refractivity contribution in [3.8, 4) is 5.75 Å². The van der Waals surface area contributed by atoms with E-state index in [1.54, 1.807) is 18.2 Å². The van der Waals surface area contributed by atoms with Gasteiger partial charge in [0.05, 0.1) is 12.5 Å². The van der Waals surface area contributed by atoms with Gasteiger partial charge in [0.25, 0.3) is 0 Å². The summed E-state index contributed by atoms with van der Waals surface area (Å²) >= 11 is 1.38. The maximum Gasteiger partial charge on any atom is 0.537 e. The summed E-state index contributed by atoms with van der Waals surface area (Å²) in [6.07, 6.45) is 3.96. The SMILES string of the molecule is [C-]#[N+]/C(=C\c1ccc(C2Cc3cc4c5c(c3OC2=O)C(C)(C)CCN5CCC4(C)C)s1)C(=O)CCC(=O)Nc1ccc([Si](OCC)(OCC)OCC)cc1. The highest BCUT2D eigenvalue weighted by Crippen LogP contribution is 2.55. The number of hydrogen-bond acceptors (Lipinski definition) is 9. The molecule has 0 saturated carbocycles. The molecule has 1 aromatic heterocycles. The second-order valence-corrected chi connectivity index (χ2v) is 19.1. The zero-order valence-electron chi connectivity index (χ0n) is 32.4. The van der Waals surface area contributed by atoms with Gasteiger partial charge in [0.15, 0.2) is 5.78 Å². The maximum atomic E-state index is 13.6. The minimum atomic E-state index is -3.07. The van der Waals surface area contributed by atoms with Crippen LogP contribution in [0.1, 0.15) is 107 Å². The molecule has 1 atom stereocenters. The van der Waals surface area contributed by atoms with Crippen LogP contribution in [0.4, 0.5) is 11.4 Å². The highest BCUT2D eigenvalue weighted by atomic mass is 32.1. The fourth-order valence-electron chi connectivity index (χ4n) is 7.79. The summed E-state index contributed by atoms with van der Waals surface area (Å²) in [5, 5.41) is 3.62. The molecule has 54 heavy (non-hydrogen) atoms. The van der Waals surface area contributed by atoms with E-state index in [0.29, 0.717) is 36.8 Å². The van der Waals surface area contributed by atoms with Crippen LogP contribution in [0, 0.1) is 6.57 Å². The van der Waals surface area contributed by atoms with E-state index in [4.69, 9.17) is 24.6 Å². The first-order valence-corrected chi connectivity index (χ1v) is 21.5. The molecule has 0 radical (unpaired) electrons. The molecule has 1 N–H and O–H groups in total. The molecular weight excluding hydrogens is 719 g/mol. The summed E-state index contributed by atoms with van der Waals surface area (Å²) in [5.41, 5.74) is 5.22. The van der Waals surface area contributed by atoms with Crippen LogP contribution in [0.3, 0.4) is 0 Å². The Morgan fingerprint density at radius 1 is 0.981 bits per heavy atom. The van der Waals surface area contributed by atoms with Crippen LogP contribution in [0.2, 0.25) is 0 Å². The Hall–Kier alpha value is -4.12. The summed E-state index contributed by atoms with van der Waals surface area (Å²) in [6.45, 7) is 25.8. The number of fused-ring (bicyclic) bond motifs is 2. The second kappa shape index (κ2) is 15.9. The fourth-order valence-corrected chi connectivity index (χ4v) is 11.3. The molecule has 3 aliphatic heterocycles. The number of ketones is 1. The fraction of sp³-hybridized carbons (Fsp3) is 0.476. The van der Waals surface area contributed by atoms with Crippen LogP contribution in [0.25, 0.3) is 10.9 Å². The first kappa shape index (κ1) is 39.6. The van der Waals surface area contributed by atoms with Gasteiger partial charge in [-0.05, 0) is 98.4 Å². The van der Waals surface area contributed by atoms with Gasteiger partial charge in [-0.25, -0.2) is 4.85 Å². The zero-order valence-corrected chi connectivity index (χ0v) is 34.2. The Morgan fingerprint density at radius 3 is 2.26 bits per heavy atom. The monoisotopic (exact) mass is 769 g/mol. The predicted octanol–water partition coefficient (Wildman–Crippen LogP) is 7.67. The number of rotatable bonds is 14. The Balaban J connectivity index is 1.12. The van der Waals surface area contributed by atoms with Crippen molar-refractivity contribution < 1.29 is 32.4 Å². The van der Waals surface area contributed by atoms with Crippen molar-refractivity contribution in [2.45, 2.75) is 97.3 Å². The van der Waals surface area contributed by atoms with Crippen LogP contribution in [-0.4, -0.2) is 59.4 Å². The summed E-state index contributed by atoms with van der Waals surface area (Å²) in [6, 6.07) is 13.2. The van der Waals surface area contributed by atoms with Gasteiger partial charge in [-0.1, -0.05) is 39.8 Å². The zero-order chi connectivity index (χ0) is 38.8. The highest BCUT2D eigenvalue weighted by molar-refractivity contribution is 7.13. The van der Waals surface area contributed by atoms with Crippen LogP contribution < -0.4 is 20.1 Å². The van der Waals surface area contributed by atoms with Crippen molar-refractivity contribution in [3.05, 3.63) is 86.0 Å². The summed E-state index contributed by atoms with van der Waals surface area (Å²) in [5.74, 6) is -0.788. The molecular formula is C42H51N3O7SSi. The van der Waals surface area contributed by atoms with E-state index in [2.05, 4.69) is 48.8 Å². The average molecular weight is 770 g/mol. The third-order valence-electron chi connectivity index (χ3n) is 10.8. The normalized spacial score (nSPS) is 18.6. The summed E-state index contributed by atoms with van der Waals surface area (Å²) in [7, 11) is -3.07. The van der Waals surface area contributed by atoms with Crippen LogP contribution in [0.15, 0.2) is 48.2 Å². The number of esters is 1. The van der Waals surface area contributed by atoms with Gasteiger partial charge in [0.2, 0.25) is 11.6 Å². The number of hydrogen-bond donors (Lipinski definition) is 1. The number of thiophene rings is 1. The quantitative estimate of drug-likeness (QED) is 0.0586. The lowest BCUT2D eigenvalue weighted by atomic mass is 9.68. The molecule has 0 spiro atoms. The lowest BCUT2D eigenvalue weighted by molar-refractivity contribution is -0.137. The number of carbonyl (C=O) groups excluding carboxylic acids is 3. The minimum absolute atomic E-state index is 0.0164. The van der Waals surface area contributed by atoms with Gasteiger partial charge in [-0.2, -0.15) is 0 Å². The Labute approximate surface area is 324 Å². The molecule has 2 aromatic carbocycles. The lowest BCUT2D eigenvalue weighted by Gasteiger charge is -2.49. The van der Waals surface area contributed by atoms with E-state index in [1.165, 1.54) is 22.6 Å². The van der Waals surface area contributed by atoms with Crippen LogP contribution in [0.5, 0.6) is 5.75 Å². The lowest BCUT2D eigenvalue weighted by Crippen LogP contribution is -2.56. The Kier molecular flexibility index (Phi) is 11.7. The third kappa shape index (κ3) is 7.84. The Bertz CT molecular complexity index is 1980. The molecule has 3 aliphatic rings. The number of ether oxygens (including phenoxy) is 1. The van der Waals surface area contributed by atoms with Crippen molar-refractivity contribution in [3.63, 3.8) is 0 Å². The van der Waals surface area contributed by atoms with Gasteiger partial charge in [0, 0.05) is 77.6 Å². The molecule has 12 heteroatoms. The van der Waals surface area contributed by atoms with E-state index in [9.17, 15) is 14.4 Å². The number of nitrogens with one attached hydrogen (secondary N) is 1. The van der Waals surface area contributed by atoms with Crippen LogP contribution >= 0.6 is 11.3 Å². The second-order valence-electron chi connectivity index (χ2n) is 15.4. The highest BCUT2D eigenvalue weighted by Gasteiger charge is 2.46. The van der Waals surface area contributed by atoms with E-state index < -0.39 is 20.5 Å². The number of nitrogens with zero attached hydrogens (tertiary/aromatic N) is 2. The van der Waals surface area contributed by atoms with Crippen molar-refractivity contribution in [1.82, 2.24) is 0 Å². The molecule has 0 saturated heterocycles. The number of carbonyl (C=O) groups is 3. The average Bonchev–Trinajstić information content (AvgIpc) is 3.60. The van der Waals surface area contributed by atoms with Gasteiger partial charge in [-0.15, -0.1) is 11.3 Å². The summed E-state index contributed by atoms with van der Waals surface area (Å²) in [4.78, 5) is 47.1. The smallest absolute Gasteiger partial charge is 0.425 e. The molecule has 3 aromatic rings. The van der Waals surface area contributed by atoms with Gasteiger partial charge < -0.3 is 33.0 Å². The van der Waals surface area contributed by atoms with Crippen molar-refractivity contribution >= 4 is 60.4 Å². The van der Waals surface area contributed by atoms with Gasteiger partial charge in [0.1, 0.15) is 5.75 Å². The molecule has 6 rings (SSSR count). The van der Waals surface area contributed by atoms with Gasteiger partial charge in [-0.3, -0.25) is 9.59 Å². The van der Waals surface area contributed by atoms with E-state index >= 15 is 0 Å². The standard InChI is InChI=1S/C42H51N3O7SSi/c1-9-49-54(50-10-2,51-11-3)30-15-12-28(13-16-30)44-36(47)19-17-34(46)33(43-8)26-29-14-18-35(53-29)31-24-27-25-32-38-37(39(27)52-40(31)48)42(6,7)21-23-45(38)22-20-41(32,4)5/h12-16,18,25-26,31H,9-11,17,19-24H2,1-7H3,(H,44,47)/b33-26-. The number of amides is 1. The number of Topliss-reactive ketones (excluding diaryl/α,β-unsaturated/α-hetero) is 1. The van der Waals surface area contributed by atoms with E-state index in [-0.39, 0.29) is 41.2 Å². The summed E-state index contributed by atoms with van der Waals surface area (Å²) < 4.78 is 24.1. The van der Waals surface area contributed by atoms with Crippen LogP contribution in [-0.2, 0) is 44.9 Å². The van der Waals surface area contributed by atoms with Gasteiger partial charge >= 0.3 is 14.8 Å². The number of benzene rings is 2. The molecule has 4 heterocycles. The molecule has 1 unspecified atom stereocenters. The van der Waals surface area contributed by atoms with Crippen molar-refractivity contribution in [2.24, 2.45) is 0 Å². The minimum Gasteiger partial charge on any atom is -0.425 e. The predicted molar refractivity (Wildman–Crippen MR) is 214 cm³/mol. The molecule has 1 amide bonds. The molecule has 0 aliphatic carbocycles.